The average Bonchev–Trinajstić information content (AvgIpc) is 3.05. The van der Waals surface area contributed by atoms with Crippen LogP contribution in [0.15, 0.2) is 55.0 Å². The van der Waals surface area contributed by atoms with Gasteiger partial charge in [-0.1, -0.05) is 18.2 Å². The zero-order chi connectivity index (χ0) is 16.4. The molecule has 2 aromatic heterocycles. The summed E-state index contributed by atoms with van der Waals surface area (Å²) in [7, 11) is 1.45. The molecule has 1 N–H and O–H groups in total. The molecule has 0 aliphatic rings. The number of carboxylic acids is 1. The molecule has 0 unspecified atom stereocenters. The van der Waals surface area contributed by atoms with Gasteiger partial charge in [-0.25, -0.2) is 9.78 Å². The maximum atomic E-state index is 11.2. The number of carbonyl (C=O) groups is 1. The smallest absolute Gasteiger partial charge is 0.358 e. The van der Waals surface area contributed by atoms with Crippen molar-refractivity contribution in [2.75, 3.05) is 7.11 Å². The first-order valence-corrected chi connectivity index (χ1v) is 7.12. The predicted molar refractivity (Wildman–Crippen MR) is 87.2 cm³/mol. The van der Waals surface area contributed by atoms with Crippen LogP contribution in [0.2, 0.25) is 0 Å². The molecule has 116 valence electrons. The van der Waals surface area contributed by atoms with E-state index in [0.717, 1.165) is 22.4 Å². The summed E-state index contributed by atoms with van der Waals surface area (Å²) in [5, 5.41) is 9.19. The highest BCUT2D eigenvalue weighted by atomic mass is 16.5. The Balaban J connectivity index is 2.06. The lowest BCUT2D eigenvalue weighted by Crippen LogP contribution is -2.06. The fourth-order valence-electron chi connectivity index (χ4n) is 2.59. The topological polar surface area (TPSA) is 64.3 Å². The van der Waals surface area contributed by atoms with Crippen molar-refractivity contribution in [1.29, 1.82) is 0 Å². The Hall–Kier alpha value is -3.08. The van der Waals surface area contributed by atoms with Crippen molar-refractivity contribution in [3.63, 3.8) is 0 Å². The molecule has 5 heteroatoms. The molecule has 0 bridgehead atoms. The number of methoxy groups -OCH3 is 1. The Morgan fingerprint density at radius 1 is 1.22 bits per heavy atom. The molecule has 2 heterocycles. The van der Waals surface area contributed by atoms with Crippen LogP contribution in [0.4, 0.5) is 0 Å². The Kier molecular flexibility index (Phi) is 3.85. The molecular weight excluding hydrogens is 292 g/mol. The Morgan fingerprint density at radius 2 is 1.96 bits per heavy atom. The minimum absolute atomic E-state index is 0.0729. The van der Waals surface area contributed by atoms with E-state index in [4.69, 9.17) is 4.74 Å². The number of carboxylic acid groups (broad SMARTS) is 1. The molecule has 0 saturated heterocycles. The largest absolute Gasteiger partial charge is 0.494 e. The van der Waals surface area contributed by atoms with Crippen LogP contribution in [-0.2, 0) is 0 Å². The molecule has 3 aromatic rings. The highest BCUT2D eigenvalue weighted by Gasteiger charge is 2.18. The van der Waals surface area contributed by atoms with E-state index in [1.807, 2.05) is 60.3 Å². The minimum Gasteiger partial charge on any atom is -0.494 e. The van der Waals surface area contributed by atoms with E-state index in [0.29, 0.717) is 5.75 Å². The maximum Gasteiger partial charge on any atom is 0.358 e. The van der Waals surface area contributed by atoms with E-state index >= 15 is 0 Å². The molecule has 0 radical (unpaired) electrons. The van der Waals surface area contributed by atoms with Crippen molar-refractivity contribution in [2.45, 2.75) is 6.92 Å². The number of para-hydroxylation sites is 1. The molecule has 1 aromatic carbocycles. The van der Waals surface area contributed by atoms with Crippen molar-refractivity contribution < 1.29 is 14.6 Å². The van der Waals surface area contributed by atoms with Crippen LogP contribution in [0.3, 0.4) is 0 Å². The quantitative estimate of drug-likeness (QED) is 0.800. The second kappa shape index (κ2) is 5.96. The second-order valence-electron chi connectivity index (χ2n) is 5.13. The van der Waals surface area contributed by atoms with E-state index in [1.54, 1.807) is 6.20 Å². The lowest BCUT2D eigenvalue weighted by Gasteiger charge is -2.11. The normalized spacial score (nSPS) is 10.5. The third kappa shape index (κ3) is 2.68. The first-order valence-electron chi connectivity index (χ1n) is 7.12. The summed E-state index contributed by atoms with van der Waals surface area (Å²) in [5.74, 6) is -0.805. The standard InChI is InChI=1S/C18H16N2O3/c1-12-15(10-19-16(18(21)22)17(12)23-2)13-8-9-20(11-13)14-6-4-3-5-7-14/h3-11H,1-2H3,(H,21,22). The zero-order valence-electron chi connectivity index (χ0n) is 12.9. The SMILES string of the molecule is COc1c(C(=O)O)ncc(-c2ccn(-c3ccccc3)c2)c1C. The van der Waals surface area contributed by atoms with E-state index in [2.05, 4.69) is 4.98 Å². The molecule has 0 amide bonds. The highest BCUT2D eigenvalue weighted by Crippen LogP contribution is 2.32. The van der Waals surface area contributed by atoms with Crippen LogP contribution >= 0.6 is 0 Å². The maximum absolute atomic E-state index is 11.2. The molecule has 0 aliphatic carbocycles. The van der Waals surface area contributed by atoms with Crippen LogP contribution in [0.1, 0.15) is 16.1 Å². The molecule has 3 rings (SSSR count). The highest BCUT2D eigenvalue weighted by molar-refractivity contribution is 5.90. The van der Waals surface area contributed by atoms with Gasteiger partial charge in [-0.2, -0.15) is 0 Å². The summed E-state index contributed by atoms with van der Waals surface area (Å²) in [6.07, 6.45) is 5.52. The molecule has 23 heavy (non-hydrogen) atoms. The number of benzene rings is 1. The fraction of sp³-hybridized carbons (Fsp3) is 0.111. The Labute approximate surface area is 133 Å². The van der Waals surface area contributed by atoms with Gasteiger partial charge in [-0.3, -0.25) is 0 Å². The van der Waals surface area contributed by atoms with Crippen LogP contribution in [0.5, 0.6) is 5.75 Å². The van der Waals surface area contributed by atoms with Gasteiger partial charge in [0.05, 0.1) is 7.11 Å². The van der Waals surface area contributed by atoms with Crippen LogP contribution in [0.25, 0.3) is 16.8 Å². The predicted octanol–water partition coefficient (Wildman–Crippen LogP) is 3.55. The number of pyridine rings is 1. The first-order chi connectivity index (χ1) is 11.1. The molecule has 0 fully saturated rings. The average molecular weight is 308 g/mol. The van der Waals surface area contributed by atoms with E-state index in [-0.39, 0.29) is 5.69 Å². The molecule has 0 spiro atoms. The number of rotatable bonds is 4. The molecular formula is C18H16N2O3. The van der Waals surface area contributed by atoms with Crippen molar-refractivity contribution in [1.82, 2.24) is 9.55 Å². The number of hydrogen-bond acceptors (Lipinski definition) is 3. The van der Waals surface area contributed by atoms with Gasteiger partial charge in [0.15, 0.2) is 11.4 Å². The third-order valence-electron chi connectivity index (χ3n) is 3.75. The Bertz CT molecular complexity index is 854. The lowest BCUT2D eigenvalue weighted by atomic mass is 10.0. The van der Waals surface area contributed by atoms with Crippen molar-refractivity contribution >= 4 is 5.97 Å². The van der Waals surface area contributed by atoms with E-state index in [9.17, 15) is 9.90 Å². The number of hydrogen-bond donors (Lipinski definition) is 1. The molecule has 5 nitrogen and oxygen atoms in total. The zero-order valence-corrected chi connectivity index (χ0v) is 12.9. The third-order valence-corrected chi connectivity index (χ3v) is 3.75. The summed E-state index contributed by atoms with van der Waals surface area (Å²) in [4.78, 5) is 15.3. The monoisotopic (exact) mass is 308 g/mol. The lowest BCUT2D eigenvalue weighted by molar-refractivity contribution is 0.0686. The van der Waals surface area contributed by atoms with Crippen molar-refractivity contribution in [3.8, 4) is 22.6 Å². The summed E-state index contributed by atoms with van der Waals surface area (Å²) < 4.78 is 7.25. The van der Waals surface area contributed by atoms with Crippen LogP contribution < -0.4 is 4.74 Å². The van der Waals surface area contributed by atoms with Crippen molar-refractivity contribution in [3.05, 3.63) is 66.2 Å². The Morgan fingerprint density at radius 3 is 2.61 bits per heavy atom. The number of aromatic carboxylic acids is 1. The minimum atomic E-state index is -1.10. The van der Waals surface area contributed by atoms with Crippen molar-refractivity contribution in [2.24, 2.45) is 0 Å². The van der Waals surface area contributed by atoms with Crippen LogP contribution in [0, 0.1) is 6.92 Å². The van der Waals surface area contributed by atoms with Gasteiger partial charge in [-0.05, 0) is 25.1 Å². The number of ether oxygens (including phenoxy) is 1. The number of nitrogens with zero attached hydrogens (tertiary/aromatic N) is 2. The summed E-state index contributed by atoms with van der Waals surface area (Å²) >= 11 is 0. The first kappa shape index (κ1) is 14.8. The summed E-state index contributed by atoms with van der Waals surface area (Å²) in [6, 6.07) is 11.9. The van der Waals surface area contributed by atoms with Gasteiger partial charge in [0.2, 0.25) is 0 Å². The van der Waals surface area contributed by atoms with Gasteiger partial charge in [0, 0.05) is 41.0 Å². The van der Waals surface area contributed by atoms with E-state index < -0.39 is 5.97 Å². The molecule has 0 saturated carbocycles. The van der Waals surface area contributed by atoms with Gasteiger partial charge in [0.25, 0.3) is 0 Å². The van der Waals surface area contributed by atoms with E-state index in [1.165, 1.54) is 7.11 Å². The number of aromatic nitrogens is 2. The molecule has 0 aliphatic heterocycles. The fourth-order valence-corrected chi connectivity index (χ4v) is 2.59. The van der Waals surface area contributed by atoms with Gasteiger partial charge < -0.3 is 14.4 Å². The molecule has 0 atom stereocenters. The van der Waals surface area contributed by atoms with Gasteiger partial charge >= 0.3 is 5.97 Å². The van der Waals surface area contributed by atoms with Gasteiger partial charge in [0.1, 0.15) is 0 Å². The second-order valence-corrected chi connectivity index (χ2v) is 5.13. The van der Waals surface area contributed by atoms with Crippen LogP contribution in [-0.4, -0.2) is 27.7 Å². The summed E-state index contributed by atoms with van der Waals surface area (Å²) in [6.45, 7) is 1.84. The summed E-state index contributed by atoms with van der Waals surface area (Å²) in [5.41, 5.74) is 3.54. The van der Waals surface area contributed by atoms with Gasteiger partial charge in [-0.15, -0.1) is 0 Å².